The maximum absolute atomic E-state index is 5.43. The molecule has 54 valence electrons. The summed E-state index contributed by atoms with van der Waals surface area (Å²) in [6, 6.07) is 0. The first-order chi connectivity index (χ1) is 4.34. The maximum atomic E-state index is 5.43. The Hall–Kier alpha value is 0.310. The van der Waals surface area contributed by atoms with E-state index in [1.807, 2.05) is 0 Å². The smallest absolute Gasteiger partial charge is 0.0691 e. The third kappa shape index (κ3) is 1.87. The summed E-state index contributed by atoms with van der Waals surface area (Å²) in [5.74, 6) is 0. The summed E-state index contributed by atoms with van der Waals surface area (Å²) >= 11 is 4.40. The van der Waals surface area contributed by atoms with Crippen molar-refractivity contribution >= 4 is 12.6 Å². The van der Waals surface area contributed by atoms with Gasteiger partial charge in [-0.15, -0.1) is 0 Å². The Morgan fingerprint density at radius 2 is 2.56 bits per heavy atom. The molecule has 0 aromatic carbocycles. The summed E-state index contributed by atoms with van der Waals surface area (Å²) in [5.41, 5.74) is 0. The van der Waals surface area contributed by atoms with Crippen LogP contribution in [0.4, 0.5) is 0 Å². The summed E-state index contributed by atoms with van der Waals surface area (Å²) in [4.78, 5) is 0. The number of hydrogen-bond donors (Lipinski definition) is 1. The van der Waals surface area contributed by atoms with E-state index in [0.717, 1.165) is 13.0 Å². The van der Waals surface area contributed by atoms with Crippen LogP contribution in [-0.2, 0) is 4.74 Å². The van der Waals surface area contributed by atoms with Crippen molar-refractivity contribution in [3.05, 3.63) is 0 Å². The van der Waals surface area contributed by atoms with Crippen LogP contribution < -0.4 is 0 Å². The average Bonchev–Trinajstić information content (AvgIpc) is 2.37. The fourth-order valence-corrected chi connectivity index (χ4v) is 1.40. The standard InChI is InChI=1S/C7H14OS/c1-2-7(9)6-4-3-5-8-6/h6-7,9H,2-5H2,1H3. The molecule has 1 aliphatic heterocycles. The molecular formula is C7H14OS. The maximum Gasteiger partial charge on any atom is 0.0691 e. The zero-order chi connectivity index (χ0) is 6.69. The second kappa shape index (κ2) is 3.47. The Kier molecular flexibility index (Phi) is 2.86. The molecule has 1 saturated heterocycles. The van der Waals surface area contributed by atoms with E-state index >= 15 is 0 Å². The van der Waals surface area contributed by atoms with Crippen LogP contribution in [0.5, 0.6) is 0 Å². The fraction of sp³-hybridized carbons (Fsp3) is 1.00. The van der Waals surface area contributed by atoms with Crippen LogP contribution in [0.25, 0.3) is 0 Å². The van der Waals surface area contributed by atoms with Gasteiger partial charge in [0.05, 0.1) is 6.10 Å². The highest BCUT2D eigenvalue weighted by molar-refractivity contribution is 7.81. The number of rotatable bonds is 2. The van der Waals surface area contributed by atoms with Gasteiger partial charge in [-0.2, -0.15) is 12.6 Å². The van der Waals surface area contributed by atoms with E-state index in [4.69, 9.17) is 4.74 Å². The normalized spacial score (nSPS) is 30.7. The van der Waals surface area contributed by atoms with E-state index in [0.29, 0.717) is 11.4 Å². The zero-order valence-corrected chi connectivity index (χ0v) is 6.73. The number of hydrogen-bond acceptors (Lipinski definition) is 2. The molecule has 0 aliphatic carbocycles. The van der Waals surface area contributed by atoms with Gasteiger partial charge in [-0.25, -0.2) is 0 Å². The minimum absolute atomic E-state index is 0.443. The highest BCUT2D eigenvalue weighted by Gasteiger charge is 2.20. The predicted molar refractivity (Wildman–Crippen MR) is 42.0 cm³/mol. The monoisotopic (exact) mass is 146 g/mol. The van der Waals surface area contributed by atoms with Gasteiger partial charge in [-0.1, -0.05) is 6.92 Å². The van der Waals surface area contributed by atoms with Gasteiger partial charge in [0.15, 0.2) is 0 Å². The Morgan fingerprint density at radius 1 is 1.78 bits per heavy atom. The molecule has 0 bridgehead atoms. The second-order valence-corrected chi connectivity index (χ2v) is 3.19. The van der Waals surface area contributed by atoms with Crippen LogP contribution >= 0.6 is 12.6 Å². The first-order valence-electron chi connectivity index (χ1n) is 3.64. The van der Waals surface area contributed by atoms with E-state index < -0.39 is 0 Å². The molecule has 2 heteroatoms. The summed E-state index contributed by atoms with van der Waals surface area (Å²) in [6.45, 7) is 3.10. The van der Waals surface area contributed by atoms with Crippen LogP contribution in [0.15, 0.2) is 0 Å². The number of ether oxygens (including phenoxy) is 1. The fourth-order valence-electron chi connectivity index (χ4n) is 1.17. The van der Waals surface area contributed by atoms with Gasteiger partial charge in [0.25, 0.3) is 0 Å². The van der Waals surface area contributed by atoms with Gasteiger partial charge in [0.1, 0.15) is 0 Å². The Morgan fingerprint density at radius 3 is 3.00 bits per heavy atom. The van der Waals surface area contributed by atoms with E-state index in [1.54, 1.807) is 0 Å². The highest BCUT2D eigenvalue weighted by atomic mass is 32.1. The first kappa shape index (κ1) is 7.42. The van der Waals surface area contributed by atoms with Crippen LogP contribution in [0, 0.1) is 0 Å². The summed E-state index contributed by atoms with van der Waals surface area (Å²) in [6.07, 6.45) is 4.00. The van der Waals surface area contributed by atoms with E-state index in [1.165, 1.54) is 12.8 Å². The van der Waals surface area contributed by atoms with Crippen molar-refractivity contribution in [2.75, 3.05) is 6.61 Å². The van der Waals surface area contributed by atoms with Crippen molar-refractivity contribution < 1.29 is 4.74 Å². The summed E-state index contributed by atoms with van der Waals surface area (Å²) in [5, 5.41) is 0.465. The Balaban J connectivity index is 2.24. The topological polar surface area (TPSA) is 9.23 Å². The van der Waals surface area contributed by atoms with Crippen LogP contribution in [0.1, 0.15) is 26.2 Å². The minimum Gasteiger partial charge on any atom is -0.377 e. The SMILES string of the molecule is CCC(S)C1CCCO1. The zero-order valence-electron chi connectivity index (χ0n) is 5.84. The second-order valence-electron chi connectivity index (χ2n) is 2.53. The van der Waals surface area contributed by atoms with Crippen molar-refractivity contribution in [3.63, 3.8) is 0 Å². The van der Waals surface area contributed by atoms with Crippen LogP contribution in [-0.4, -0.2) is 18.0 Å². The lowest BCUT2D eigenvalue weighted by molar-refractivity contribution is 0.108. The highest BCUT2D eigenvalue weighted by Crippen LogP contribution is 2.20. The lowest BCUT2D eigenvalue weighted by atomic mass is 10.1. The van der Waals surface area contributed by atoms with Gasteiger partial charge in [-0.3, -0.25) is 0 Å². The molecular weight excluding hydrogens is 132 g/mol. The number of thiol groups is 1. The van der Waals surface area contributed by atoms with Gasteiger partial charge < -0.3 is 4.74 Å². The van der Waals surface area contributed by atoms with Crippen molar-refractivity contribution in [3.8, 4) is 0 Å². The first-order valence-corrected chi connectivity index (χ1v) is 4.16. The molecule has 0 radical (unpaired) electrons. The van der Waals surface area contributed by atoms with Crippen molar-refractivity contribution in [2.45, 2.75) is 37.5 Å². The van der Waals surface area contributed by atoms with Gasteiger partial charge >= 0.3 is 0 Å². The molecule has 1 rings (SSSR count). The van der Waals surface area contributed by atoms with Crippen LogP contribution in [0.3, 0.4) is 0 Å². The third-order valence-electron chi connectivity index (χ3n) is 1.81. The van der Waals surface area contributed by atoms with E-state index in [9.17, 15) is 0 Å². The van der Waals surface area contributed by atoms with E-state index in [-0.39, 0.29) is 0 Å². The largest absolute Gasteiger partial charge is 0.377 e. The molecule has 0 aromatic heterocycles. The third-order valence-corrected chi connectivity index (χ3v) is 2.51. The molecule has 2 atom stereocenters. The van der Waals surface area contributed by atoms with E-state index in [2.05, 4.69) is 19.6 Å². The molecule has 2 unspecified atom stereocenters. The average molecular weight is 146 g/mol. The Labute approximate surface area is 62.2 Å². The molecule has 0 amide bonds. The quantitative estimate of drug-likeness (QED) is 0.585. The molecule has 1 heterocycles. The lowest BCUT2D eigenvalue weighted by Crippen LogP contribution is -2.18. The van der Waals surface area contributed by atoms with Gasteiger partial charge in [-0.05, 0) is 19.3 Å². The molecule has 0 saturated carbocycles. The van der Waals surface area contributed by atoms with Crippen molar-refractivity contribution in [1.82, 2.24) is 0 Å². The summed E-state index contributed by atoms with van der Waals surface area (Å²) < 4.78 is 5.43. The minimum atomic E-state index is 0.443. The van der Waals surface area contributed by atoms with Crippen molar-refractivity contribution in [2.24, 2.45) is 0 Å². The van der Waals surface area contributed by atoms with Gasteiger partial charge in [0.2, 0.25) is 0 Å². The molecule has 1 aliphatic rings. The molecule has 1 nitrogen and oxygen atoms in total. The van der Waals surface area contributed by atoms with Gasteiger partial charge in [0, 0.05) is 11.9 Å². The molecule has 0 N–H and O–H groups in total. The lowest BCUT2D eigenvalue weighted by Gasteiger charge is -2.14. The Bertz CT molecular complexity index is 79.0. The van der Waals surface area contributed by atoms with Crippen LogP contribution in [0.2, 0.25) is 0 Å². The predicted octanol–water partition coefficient (Wildman–Crippen LogP) is 1.87. The molecule has 9 heavy (non-hydrogen) atoms. The summed E-state index contributed by atoms with van der Waals surface area (Å²) in [7, 11) is 0. The molecule has 1 fully saturated rings. The molecule has 0 aromatic rings. The molecule has 0 spiro atoms. The van der Waals surface area contributed by atoms with Crippen molar-refractivity contribution in [1.29, 1.82) is 0 Å².